The van der Waals surface area contributed by atoms with E-state index in [9.17, 15) is 18.5 Å². The highest BCUT2D eigenvalue weighted by molar-refractivity contribution is 7.89. The van der Waals surface area contributed by atoms with Gasteiger partial charge in [-0.25, -0.2) is 8.42 Å². The standard InChI is InChI=1S/C21H22N4O5S/c1-13-10-17-19-12-25(27)21(23-26)18(19)11-16(20(17)22-13)14-2-4-15(5-3-14)31(28,29)24-6-8-30-9-7-24/h2-5,11,13,22H,6-10,12H2,1H3/p+1. The van der Waals surface area contributed by atoms with Crippen molar-refractivity contribution in [3.63, 3.8) is 0 Å². The van der Waals surface area contributed by atoms with Crippen LogP contribution in [0.15, 0.2) is 40.4 Å². The Morgan fingerprint density at radius 2 is 1.87 bits per heavy atom. The van der Waals surface area contributed by atoms with Crippen molar-refractivity contribution < 1.29 is 23.1 Å². The Morgan fingerprint density at radius 1 is 1.16 bits per heavy atom. The quantitative estimate of drug-likeness (QED) is 0.427. The average Bonchev–Trinajstić information content (AvgIpc) is 3.32. The molecule has 9 nitrogen and oxygen atoms in total. The summed E-state index contributed by atoms with van der Waals surface area (Å²) < 4.78 is 33.2. The zero-order valence-corrected chi connectivity index (χ0v) is 17.9. The number of sulfonamides is 1. The van der Waals surface area contributed by atoms with Gasteiger partial charge in [-0.1, -0.05) is 17.0 Å². The highest BCUT2D eigenvalue weighted by Gasteiger charge is 2.39. The highest BCUT2D eigenvalue weighted by atomic mass is 32.2. The van der Waals surface area contributed by atoms with E-state index in [1.54, 1.807) is 24.3 Å². The Labute approximate surface area is 179 Å². The largest absolute Gasteiger partial charge is 0.414 e. The van der Waals surface area contributed by atoms with E-state index in [2.05, 4.69) is 17.4 Å². The van der Waals surface area contributed by atoms with E-state index in [1.165, 1.54) is 4.31 Å². The maximum Gasteiger partial charge on any atom is 0.414 e. The van der Waals surface area contributed by atoms with E-state index >= 15 is 0 Å². The Morgan fingerprint density at radius 3 is 2.55 bits per heavy atom. The first-order chi connectivity index (χ1) is 14.9. The van der Waals surface area contributed by atoms with Gasteiger partial charge in [-0.2, -0.15) is 4.31 Å². The van der Waals surface area contributed by atoms with Crippen molar-refractivity contribution in [2.24, 2.45) is 5.16 Å². The Bertz CT molecular complexity index is 1200. The summed E-state index contributed by atoms with van der Waals surface area (Å²) in [6.45, 7) is 3.71. The van der Waals surface area contributed by atoms with E-state index in [1.807, 2.05) is 6.07 Å². The number of anilines is 1. The fourth-order valence-corrected chi connectivity index (χ4v) is 5.99. The predicted molar refractivity (Wildman–Crippen MR) is 114 cm³/mol. The van der Waals surface area contributed by atoms with Crippen LogP contribution in [-0.2, 0) is 27.7 Å². The molecule has 0 radical (unpaired) electrons. The van der Waals surface area contributed by atoms with Gasteiger partial charge in [0.2, 0.25) is 10.0 Å². The topological polar surface area (TPSA) is 111 Å². The van der Waals surface area contributed by atoms with Gasteiger partial charge in [0.05, 0.1) is 23.7 Å². The van der Waals surface area contributed by atoms with Crippen LogP contribution in [0.4, 0.5) is 5.69 Å². The van der Waals surface area contributed by atoms with Gasteiger partial charge in [-0.15, -0.1) is 0 Å². The van der Waals surface area contributed by atoms with E-state index in [0.29, 0.717) is 36.6 Å². The van der Waals surface area contributed by atoms with Crippen molar-refractivity contribution in [1.29, 1.82) is 0 Å². The maximum absolute atomic E-state index is 12.9. The number of ether oxygens (including phenoxy) is 1. The zero-order chi connectivity index (χ0) is 21.8. The van der Waals surface area contributed by atoms with E-state index < -0.39 is 10.0 Å². The molecule has 0 aromatic heterocycles. The molecule has 3 heterocycles. The van der Waals surface area contributed by atoms with Crippen LogP contribution in [0.1, 0.15) is 23.6 Å². The van der Waals surface area contributed by atoms with E-state index in [0.717, 1.165) is 34.4 Å². The summed E-state index contributed by atoms with van der Waals surface area (Å²) in [4.78, 5) is 12.5. The van der Waals surface area contributed by atoms with Gasteiger partial charge in [0.15, 0.2) is 11.7 Å². The van der Waals surface area contributed by atoms with Crippen molar-refractivity contribution in [3.05, 3.63) is 51.9 Å². The van der Waals surface area contributed by atoms with Crippen LogP contribution in [0, 0.1) is 4.91 Å². The van der Waals surface area contributed by atoms with Crippen LogP contribution in [0.2, 0.25) is 0 Å². The van der Waals surface area contributed by atoms with Crippen LogP contribution in [0.3, 0.4) is 0 Å². The summed E-state index contributed by atoms with van der Waals surface area (Å²) in [7, 11) is -3.57. The third-order valence-electron chi connectivity index (χ3n) is 6.10. The number of morpholine rings is 1. The van der Waals surface area contributed by atoms with Crippen LogP contribution in [-0.4, -0.2) is 60.9 Å². The summed E-state index contributed by atoms with van der Waals surface area (Å²) in [5.74, 6) is 0.00474. The number of fused-ring (bicyclic) bond motifs is 3. The third-order valence-corrected chi connectivity index (χ3v) is 8.01. The predicted octanol–water partition coefficient (Wildman–Crippen LogP) is 2.16. The SMILES string of the molecule is CC1Cc2c3c(cc(-c4ccc(S(=O)(=O)N5CCOCC5)cc4)c2N1)C(=NO)[N+](=O)C3. The molecule has 162 valence electrons. The van der Waals surface area contributed by atoms with Crippen molar-refractivity contribution in [2.45, 2.75) is 30.8 Å². The monoisotopic (exact) mass is 443 g/mol. The van der Waals surface area contributed by atoms with Gasteiger partial charge >= 0.3 is 5.84 Å². The van der Waals surface area contributed by atoms with Crippen LogP contribution in [0.25, 0.3) is 11.1 Å². The molecule has 1 saturated heterocycles. The van der Waals surface area contributed by atoms with Gasteiger partial charge in [0.25, 0.3) is 0 Å². The highest BCUT2D eigenvalue weighted by Crippen LogP contribution is 2.42. The molecule has 0 aliphatic carbocycles. The lowest BCUT2D eigenvalue weighted by Gasteiger charge is -2.26. The normalized spacial score (nSPS) is 22.4. The molecule has 31 heavy (non-hydrogen) atoms. The van der Waals surface area contributed by atoms with Crippen molar-refractivity contribution in [2.75, 3.05) is 31.6 Å². The molecule has 0 spiro atoms. The summed E-state index contributed by atoms with van der Waals surface area (Å²) in [5, 5.41) is 16.0. The van der Waals surface area contributed by atoms with Crippen molar-refractivity contribution in [3.8, 4) is 11.1 Å². The Hall–Kier alpha value is -2.82. The van der Waals surface area contributed by atoms with Crippen molar-refractivity contribution >= 4 is 21.5 Å². The molecule has 0 bridgehead atoms. The lowest BCUT2D eigenvalue weighted by Crippen LogP contribution is -2.40. The zero-order valence-electron chi connectivity index (χ0n) is 17.0. The molecular formula is C21H23N4O5S+. The molecule has 0 saturated carbocycles. The molecule has 3 aliphatic rings. The second kappa shape index (κ2) is 7.40. The Kier molecular flexibility index (Phi) is 4.80. The van der Waals surface area contributed by atoms with Gasteiger partial charge in [-0.05, 0) is 47.4 Å². The molecule has 2 N–H and O–H groups in total. The number of nitrogens with one attached hydrogen (secondary N) is 1. The van der Waals surface area contributed by atoms with E-state index in [4.69, 9.17) is 4.74 Å². The lowest BCUT2D eigenvalue weighted by atomic mass is 9.93. The average molecular weight is 444 g/mol. The molecule has 2 aromatic rings. The lowest BCUT2D eigenvalue weighted by molar-refractivity contribution is -0.441. The molecule has 2 aromatic carbocycles. The van der Waals surface area contributed by atoms with Crippen LogP contribution < -0.4 is 5.32 Å². The molecule has 10 heteroatoms. The summed E-state index contributed by atoms with van der Waals surface area (Å²) in [6, 6.07) is 8.83. The second-order valence-electron chi connectivity index (χ2n) is 8.05. The molecule has 1 fully saturated rings. The summed E-state index contributed by atoms with van der Waals surface area (Å²) in [6.07, 6.45) is 0.765. The number of benzene rings is 2. The van der Waals surface area contributed by atoms with Gasteiger partial charge in [0, 0.05) is 35.9 Å². The molecule has 5 rings (SSSR count). The number of oxime groups is 1. The smallest absolute Gasteiger partial charge is 0.382 e. The first-order valence-corrected chi connectivity index (χ1v) is 11.6. The van der Waals surface area contributed by atoms with Crippen molar-refractivity contribution in [1.82, 2.24) is 4.31 Å². The third kappa shape index (κ3) is 3.22. The molecule has 3 aliphatic heterocycles. The minimum atomic E-state index is -3.57. The first kappa shape index (κ1) is 20.1. The first-order valence-electron chi connectivity index (χ1n) is 10.2. The number of amidine groups is 1. The maximum atomic E-state index is 12.9. The summed E-state index contributed by atoms with van der Waals surface area (Å²) in [5.41, 5.74) is 5.16. The Balaban J connectivity index is 1.57. The number of nitrogens with zero attached hydrogens (tertiary/aromatic N) is 3. The number of rotatable bonds is 3. The van der Waals surface area contributed by atoms with E-state index in [-0.39, 0.29) is 23.3 Å². The van der Waals surface area contributed by atoms with Gasteiger partial charge in [0.1, 0.15) is 0 Å². The molecular weight excluding hydrogens is 420 g/mol. The van der Waals surface area contributed by atoms with Gasteiger partial charge in [-0.3, -0.25) is 0 Å². The van der Waals surface area contributed by atoms with Crippen LogP contribution >= 0.6 is 0 Å². The number of nitroso groups, excluding NO2 is 1. The fourth-order valence-electron chi connectivity index (χ4n) is 4.58. The van der Waals surface area contributed by atoms with Crippen LogP contribution in [0.5, 0.6) is 0 Å². The van der Waals surface area contributed by atoms with Gasteiger partial charge < -0.3 is 15.3 Å². The minimum absolute atomic E-state index is 0.00474. The number of hydrogen-bond donors (Lipinski definition) is 2. The molecule has 1 atom stereocenters. The minimum Gasteiger partial charge on any atom is -0.382 e. The number of hydrogen-bond acceptors (Lipinski definition) is 7. The second-order valence-corrected chi connectivity index (χ2v) is 9.99. The molecule has 0 amide bonds. The fraction of sp³-hybridized carbons (Fsp3) is 0.381. The summed E-state index contributed by atoms with van der Waals surface area (Å²) >= 11 is 0. The molecule has 1 unspecified atom stereocenters.